The number of carbonyl (C=O) groups is 2. The van der Waals surface area contributed by atoms with Gasteiger partial charge >= 0.3 is 12.1 Å². The summed E-state index contributed by atoms with van der Waals surface area (Å²) in [7, 11) is 0. The Labute approximate surface area is 149 Å². The standard InChI is InChI=1S/C18H17N2O6/c1-13(19-18(22)26-12-14-5-3-2-4-6-14)17(21)25-11-15-7-9-16(10-8-15)20(23)24/h2-10,13H,1,11-12H2,(H,19,22)/t13-/m1/s1. The summed E-state index contributed by atoms with van der Waals surface area (Å²) in [4.78, 5) is 33.6. The molecule has 0 bridgehead atoms. The second-order valence-corrected chi connectivity index (χ2v) is 5.29. The first-order valence-electron chi connectivity index (χ1n) is 7.66. The van der Waals surface area contributed by atoms with Gasteiger partial charge in [0.25, 0.3) is 5.69 Å². The normalized spacial score (nSPS) is 11.3. The van der Waals surface area contributed by atoms with E-state index in [0.29, 0.717) is 5.56 Å². The van der Waals surface area contributed by atoms with E-state index in [-0.39, 0.29) is 18.9 Å². The zero-order valence-corrected chi connectivity index (χ0v) is 13.8. The molecule has 2 aromatic rings. The molecule has 0 saturated heterocycles. The van der Waals surface area contributed by atoms with E-state index in [4.69, 9.17) is 9.47 Å². The number of esters is 1. The number of non-ortho nitro benzene ring substituents is 1. The van der Waals surface area contributed by atoms with E-state index >= 15 is 0 Å². The number of amides is 1. The van der Waals surface area contributed by atoms with Gasteiger partial charge in [-0.15, -0.1) is 0 Å². The molecule has 1 atom stereocenters. The van der Waals surface area contributed by atoms with Gasteiger partial charge in [0.05, 0.1) is 4.92 Å². The van der Waals surface area contributed by atoms with E-state index in [1.54, 1.807) is 12.1 Å². The Morgan fingerprint density at radius 2 is 1.58 bits per heavy atom. The van der Waals surface area contributed by atoms with E-state index in [9.17, 15) is 19.7 Å². The van der Waals surface area contributed by atoms with Crippen molar-refractivity contribution in [1.82, 2.24) is 5.32 Å². The third kappa shape index (κ3) is 5.90. The van der Waals surface area contributed by atoms with Gasteiger partial charge in [-0.25, -0.2) is 9.59 Å². The number of carbonyl (C=O) groups excluding carboxylic acids is 2. The summed E-state index contributed by atoms with van der Waals surface area (Å²) in [6.45, 7) is 3.48. The number of hydrogen-bond acceptors (Lipinski definition) is 6. The minimum Gasteiger partial charge on any atom is -0.459 e. The fraction of sp³-hybridized carbons (Fsp3) is 0.167. The van der Waals surface area contributed by atoms with Gasteiger partial charge < -0.3 is 14.8 Å². The maximum atomic E-state index is 11.8. The van der Waals surface area contributed by atoms with Crippen LogP contribution in [0.4, 0.5) is 10.5 Å². The zero-order chi connectivity index (χ0) is 18.9. The average molecular weight is 357 g/mol. The van der Waals surface area contributed by atoms with Gasteiger partial charge in [0.1, 0.15) is 19.3 Å². The van der Waals surface area contributed by atoms with Crippen LogP contribution in [-0.4, -0.2) is 23.0 Å². The third-order valence-electron chi connectivity index (χ3n) is 3.32. The average Bonchev–Trinajstić information content (AvgIpc) is 2.65. The molecule has 0 saturated carbocycles. The Balaban J connectivity index is 1.74. The highest BCUT2D eigenvalue weighted by Crippen LogP contribution is 2.12. The molecule has 1 N–H and O–H groups in total. The fourth-order valence-corrected chi connectivity index (χ4v) is 1.93. The summed E-state index contributed by atoms with van der Waals surface area (Å²) in [5.41, 5.74) is 1.32. The molecular weight excluding hydrogens is 340 g/mol. The first-order chi connectivity index (χ1) is 12.5. The lowest BCUT2D eigenvalue weighted by atomic mass is 10.2. The molecular formula is C18H17N2O6. The van der Waals surface area contributed by atoms with Crippen molar-refractivity contribution in [2.75, 3.05) is 0 Å². The van der Waals surface area contributed by atoms with E-state index in [1.165, 1.54) is 24.3 Å². The molecule has 135 valence electrons. The lowest BCUT2D eigenvalue weighted by Crippen LogP contribution is -2.40. The maximum absolute atomic E-state index is 11.8. The van der Waals surface area contributed by atoms with Gasteiger partial charge in [-0.2, -0.15) is 0 Å². The van der Waals surface area contributed by atoms with Crippen LogP contribution >= 0.6 is 0 Å². The van der Waals surface area contributed by atoms with Crippen LogP contribution in [0.2, 0.25) is 0 Å². The molecule has 8 nitrogen and oxygen atoms in total. The number of nitro groups is 1. The van der Waals surface area contributed by atoms with Gasteiger partial charge in [-0.1, -0.05) is 30.3 Å². The largest absolute Gasteiger partial charge is 0.459 e. The summed E-state index contributed by atoms with van der Waals surface area (Å²) < 4.78 is 10.00. The van der Waals surface area contributed by atoms with E-state index in [0.717, 1.165) is 5.56 Å². The number of nitro benzene ring substituents is 1. The summed E-state index contributed by atoms with van der Waals surface area (Å²) in [5.74, 6) is -0.750. The van der Waals surface area contributed by atoms with Crippen LogP contribution in [-0.2, 0) is 27.5 Å². The zero-order valence-electron chi connectivity index (χ0n) is 13.8. The number of rotatable bonds is 7. The van der Waals surface area contributed by atoms with Gasteiger partial charge in [0, 0.05) is 12.1 Å². The van der Waals surface area contributed by atoms with Crippen LogP contribution in [0.3, 0.4) is 0 Å². The lowest BCUT2D eigenvalue weighted by Gasteiger charge is -2.13. The number of ether oxygens (including phenoxy) is 2. The van der Waals surface area contributed by atoms with E-state index in [2.05, 4.69) is 12.2 Å². The summed E-state index contributed by atoms with van der Waals surface area (Å²) in [5, 5.41) is 12.8. The van der Waals surface area contributed by atoms with Gasteiger partial charge in [0.15, 0.2) is 0 Å². The van der Waals surface area contributed by atoms with Crippen molar-refractivity contribution in [1.29, 1.82) is 0 Å². The molecule has 8 heteroatoms. The van der Waals surface area contributed by atoms with Crippen molar-refractivity contribution in [3.05, 3.63) is 82.8 Å². The number of alkyl carbamates (subject to hydrolysis) is 1. The molecule has 2 aromatic carbocycles. The van der Waals surface area contributed by atoms with E-state index < -0.39 is 23.0 Å². The molecule has 2 rings (SSSR count). The van der Waals surface area contributed by atoms with Gasteiger partial charge in [-0.05, 0) is 30.2 Å². The molecule has 0 spiro atoms. The van der Waals surface area contributed by atoms with Crippen molar-refractivity contribution in [2.45, 2.75) is 19.3 Å². The van der Waals surface area contributed by atoms with Gasteiger partial charge in [0.2, 0.25) is 0 Å². The molecule has 1 amide bonds. The van der Waals surface area contributed by atoms with Crippen LogP contribution in [0.1, 0.15) is 11.1 Å². The molecule has 0 unspecified atom stereocenters. The Bertz CT molecular complexity index is 761. The van der Waals surface area contributed by atoms with E-state index in [1.807, 2.05) is 18.2 Å². The topological polar surface area (TPSA) is 108 Å². The highest BCUT2D eigenvalue weighted by Gasteiger charge is 2.18. The summed E-state index contributed by atoms with van der Waals surface area (Å²) in [6.07, 6.45) is -0.791. The van der Waals surface area contributed by atoms with Crippen LogP contribution < -0.4 is 5.32 Å². The van der Waals surface area contributed by atoms with Crippen molar-refractivity contribution < 1.29 is 24.0 Å². The Kier molecular flexibility index (Phi) is 6.67. The third-order valence-corrected chi connectivity index (χ3v) is 3.32. The monoisotopic (exact) mass is 357 g/mol. The molecule has 0 aliphatic rings. The lowest BCUT2D eigenvalue weighted by molar-refractivity contribution is -0.384. The quantitative estimate of drug-likeness (QED) is 0.464. The smallest absolute Gasteiger partial charge is 0.408 e. The van der Waals surface area contributed by atoms with Crippen LogP contribution in [0, 0.1) is 17.0 Å². The predicted molar refractivity (Wildman–Crippen MR) is 91.8 cm³/mol. The molecule has 0 heterocycles. The van der Waals surface area contributed by atoms with Crippen LogP contribution in [0.5, 0.6) is 0 Å². The summed E-state index contributed by atoms with van der Waals surface area (Å²) in [6, 6.07) is 13.5. The predicted octanol–water partition coefficient (Wildman–Crippen LogP) is 2.77. The van der Waals surface area contributed by atoms with Crippen molar-refractivity contribution in [3.8, 4) is 0 Å². The van der Waals surface area contributed by atoms with Crippen LogP contribution in [0.25, 0.3) is 0 Å². The van der Waals surface area contributed by atoms with Crippen molar-refractivity contribution >= 4 is 17.7 Å². The Hall–Kier alpha value is -3.42. The van der Waals surface area contributed by atoms with Crippen molar-refractivity contribution in [2.24, 2.45) is 0 Å². The minimum atomic E-state index is -1.14. The molecule has 1 radical (unpaired) electrons. The molecule has 26 heavy (non-hydrogen) atoms. The van der Waals surface area contributed by atoms with Crippen LogP contribution in [0.15, 0.2) is 54.6 Å². The molecule has 0 fully saturated rings. The summed E-state index contributed by atoms with van der Waals surface area (Å²) >= 11 is 0. The second-order valence-electron chi connectivity index (χ2n) is 5.29. The molecule has 0 aromatic heterocycles. The SMILES string of the molecule is [CH2][C@@H](NC(=O)OCc1ccccc1)C(=O)OCc1ccc([N+](=O)[O-])cc1. The number of nitrogens with zero attached hydrogens (tertiary/aromatic N) is 1. The highest BCUT2D eigenvalue weighted by molar-refractivity contribution is 5.81. The number of benzene rings is 2. The molecule has 0 aliphatic heterocycles. The van der Waals surface area contributed by atoms with Gasteiger partial charge in [-0.3, -0.25) is 10.1 Å². The maximum Gasteiger partial charge on any atom is 0.408 e. The second kappa shape index (κ2) is 9.16. The first-order valence-corrected chi connectivity index (χ1v) is 7.66. The fourth-order valence-electron chi connectivity index (χ4n) is 1.93. The van der Waals surface area contributed by atoms with Crippen molar-refractivity contribution in [3.63, 3.8) is 0 Å². The number of nitrogens with one attached hydrogen (secondary N) is 1. The first kappa shape index (κ1) is 18.9. The minimum absolute atomic E-state index is 0.0575. The highest BCUT2D eigenvalue weighted by atomic mass is 16.6. The number of hydrogen-bond donors (Lipinski definition) is 1. The Morgan fingerprint density at radius 1 is 1.00 bits per heavy atom. The molecule has 0 aliphatic carbocycles. The Morgan fingerprint density at radius 3 is 2.19 bits per heavy atom.